The second-order valence-corrected chi connectivity index (χ2v) is 11.9. The second kappa shape index (κ2) is 11.4. The van der Waals surface area contributed by atoms with Gasteiger partial charge in [-0.1, -0.05) is 19.1 Å². The van der Waals surface area contributed by atoms with Crippen molar-refractivity contribution in [1.82, 2.24) is 4.90 Å². The molecule has 14 heteroatoms. The summed E-state index contributed by atoms with van der Waals surface area (Å²) in [6, 6.07) is 2.90. The van der Waals surface area contributed by atoms with Gasteiger partial charge >= 0.3 is 11.9 Å². The maximum Gasteiger partial charge on any atom is 0.317 e. The number of aliphatic carboxylic acids is 1. The molecular formula is C28H32N2O11S. The van der Waals surface area contributed by atoms with Crippen LogP contribution in [-0.2, 0) is 23.9 Å². The summed E-state index contributed by atoms with van der Waals surface area (Å²) in [6.07, 6.45) is -1.99. The first kappa shape index (κ1) is 31.1. The summed E-state index contributed by atoms with van der Waals surface area (Å²) < 4.78 is 5.68. The molecule has 0 aliphatic heterocycles. The largest absolute Gasteiger partial charge is 0.510 e. The number of aliphatic hydroxyl groups excluding tert-OH is 2. The molecule has 3 aliphatic rings. The molecule has 3 aliphatic carbocycles. The number of nitrogens with two attached hydrogens (primary N) is 1. The number of hydrogen-bond acceptors (Lipinski definition) is 12. The van der Waals surface area contributed by atoms with E-state index in [1.165, 1.54) is 42.9 Å². The number of aliphatic hydroxyl groups is 3. The van der Waals surface area contributed by atoms with E-state index in [1.807, 2.05) is 6.92 Å². The lowest BCUT2D eigenvalue weighted by Crippen LogP contribution is -2.69. The third kappa shape index (κ3) is 4.72. The van der Waals surface area contributed by atoms with Gasteiger partial charge in [-0.05, 0) is 37.9 Å². The molecule has 0 unspecified atom stereocenters. The molecule has 1 aromatic rings. The van der Waals surface area contributed by atoms with Crippen LogP contribution in [0.5, 0.6) is 5.75 Å². The molecule has 13 nitrogen and oxygen atoms in total. The fourth-order valence-corrected chi connectivity index (χ4v) is 7.48. The molecule has 226 valence electrons. The number of nitrogens with zero attached hydrogens (tertiary/aromatic N) is 1. The number of ketones is 2. The Morgan fingerprint density at radius 3 is 2.38 bits per heavy atom. The van der Waals surface area contributed by atoms with Gasteiger partial charge in [0.2, 0.25) is 5.78 Å². The highest BCUT2D eigenvalue weighted by atomic mass is 32.2. The first-order valence-corrected chi connectivity index (χ1v) is 14.3. The number of ether oxygens (including phenoxy) is 1. The number of amides is 1. The number of carboxylic acids is 1. The van der Waals surface area contributed by atoms with Crippen LogP contribution in [0.3, 0.4) is 0 Å². The molecule has 1 aromatic carbocycles. The molecule has 0 saturated carbocycles. The molecule has 0 radical (unpaired) electrons. The van der Waals surface area contributed by atoms with Gasteiger partial charge in [0, 0.05) is 23.2 Å². The normalized spacial score (nSPS) is 28.7. The van der Waals surface area contributed by atoms with Crippen LogP contribution in [0.4, 0.5) is 0 Å². The SMILES string of the molecule is CCCSC[C@H]1c2cccc(O)c2C(=O)C2=C(O)[C@]3(O)C(=O)C(C(N)=O)=C(O)[C@@H](N(C)C)[C@@H]3[C@@H](OC(=O)CC(=O)O)[C@@H]21. The highest BCUT2D eigenvalue weighted by Gasteiger charge is 2.69. The number of aromatic hydroxyl groups is 1. The quantitative estimate of drug-likeness (QED) is 0.0994. The Hall–Kier alpha value is -3.88. The number of carboxylic acid groups (broad SMARTS) is 1. The monoisotopic (exact) mass is 604 g/mol. The fraction of sp³-hybridized carbons (Fsp3) is 0.464. The number of esters is 1. The van der Waals surface area contributed by atoms with Crippen molar-refractivity contribution in [2.45, 2.75) is 43.4 Å². The highest BCUT2D eigenvalue weighted by Crippen LogP contribution is 2.57. The van der Waals surface area contributed by atoms with Crippen LogP contribution in [-0.4, -0.2) is 103 Å². The number of phenols is 1. The minimum absolute atomic E-state index is 0.184. The number of likely N-dealkylation sites (N-methyl/N-ethyl adjacent to an activating group) is 1. The van der Waals surface area contributed by atoms with Crippen molar-refractivity contribution in [3.63, 3.8) is 0 Å². The van der Waals surface area contributed by atoms with Crippen molar-refractivity contribution in [2.75, 3.05) is 25.6 Å². The lowest BCUT2D eigenvalue weighted by Gasteiger charge is -2.54. The van der Waals surface area contributed by atoms with Crippen molar-refractivity contribution < 1.29 is 54.2 Å². The van der Waals surface area contributed by atoms with Crippen molar-refractivity contribution in [1.29, 1.82) is 0 Å². The maximum absolute atomic E-state index is 14.0. The van der Waals surface area contributed by atoms with Crippen molar-refractivity contribution in [3.05, 3.63) is 52.0 Å². The average Bonchev–Trinajstić information content (AvgIpc) is 2.88. The van der Waals surface area contributed by atoms with Crippen LogP contribution in [0.15, 0.2) is 40.9 Å². The maximum atomic E-state index is 14.0. The molecule has 7 N–H and O–H groups in total. The van der Waals surface area contributed by atoms with Gasteiger partial charge in [-0.3, -0.25) is 28.9 Å². The standard InChI is InChI=1S/C28H32N2O11S/c1-4-8-42-10-12-11-6-5-7-13(31)16(11)22(35)18-17(12)24(41-15(34)9-14(32)33)20-21(30(2)3)23(36)19(27(29)39)26(38)28(20,40)25(18)37/h5-7,12,17,20-21,24,31,36-37,40H,4,8-10H2,1-3H3,(H2,29,39)(H,32,33)/t12-,17+,20+,21-,24-,28-/m0/s1. The number of hydrogen-bond donors (Lipinski definition) is 6. The Bertz CT molecular complexity index is 1430. The molecule has 0 saturated heterocycles. The zero-order valence-electron chi connectivity index (χ0n) is 23.1. The molecule has 0 bridgehead atoms. The zero-order chi connectivity index (χ0) is 31.3. The number of rotatable bonds is 9. The van der Waals surface area contributed by atoms with Gasteiger partial charge in [-0.15, -0.1) is 0 Å². The Morgan fingerprint density at radius 1 is 1.14 bits per heavy atom. The van der Waals surface area contributed by atoms with E-state index in [1.54, 1.807) is 6.07 Å². The van der Waals surface area contributed by atoms with Gasteiger partial charge in [0.15, 0.2) is 11.4 Å². The van der Waals surface area contributed by atoms with Gasteiger partial charge in [0.25, 0.3) is 5.91 Å². The first-order valence-electron chi connectivity index (χ1n) is 13.2. The average molecular weight is 605 g/mol. The zero-order valence-corrected chi connectivity index (χ0v) is 23.9. The molecule has 1 amide bonds. The summed E-state index contributed by atoms with van der Waals surface area (Å²) >= 11 is 1.47. The predicted molar refractivity (Wildman–Crippen MR) is 148 cm³/mol. The summed E-state index contributed by atoms with van der Waals surface area (Å²) in [7, 11) is 2.85. The molecule has 0 spiro atoms. The molecule has 6 atom stereocenters. The Morgan fingerprint density at radius 2 is 1.81 bits per heavy atom. The van der Waals surface area contributed by atoms with Gasteiger partial charge in [0.1, 0.15) is 35.4 Å². The lowest BCUT2D eigenvalue weighted by atomic mass is 9.55. The number of carbonyl (C=O) groups is 5. The number of Topliss-reactive ketones (excluding diaryl/α,β-unsaturated/α-hetero) is 2. The van der Waals surface area contributed by atoms with Crippen LogP contribution in [0.25, 0.3) is 0 Å². The number of primary amides is 1. The van der Waals surface area contributed by atoms with Gasteiger partial charge in [0.05, 0.1) is 17.5 Å². The molecule has 42 heavy (non-hydrogen) atoms. The fourth-order valence-electron chi connectivity index (χ4n) is 6.38. The second-order valence-electron chi connectivity index (χ2n) is 10.7. The van der Waals surface area contributed by atoms with E-state index < -0.39 is 99.7 Å². The summed E-state index contributed by atoms with van der Waals surface area (Å²) in [5.41, 5.74) is 0.895. The molecule has 4 rings (SSSR count). The van der Waals surface area contributed by atoms with E-state index in [9.17, 15) is 49.5 Å². The third-order valence-corrected chi connectivity index (χ3v) is 9.27. The minimum Gasteiger partial charge on any atom is -0.510 e. The lowest BCUT2D eigenvalue weighted by molar-refractivity contribution is -0.182. The summed E-state index contributed by atoms with van der Waals surface area (Å²) in [6.45, 7) is 1.95. The van der Waals surface area contributed by atoms with Gasteiger partial charge in [-0.2, -0.15) is 11.8 Å². The molecular weight excluding hydrogens is 572 g/mol. The number of benzene rings is 1. The minimum atomic E-state index is -3.11. The van der Waals surface area contributed by atoms with Crippen molar-refractivity contribution >= 4 is 41.2 Å². The van der Waals surface area contributed by atoms with E-state index in [-0.39, 0.29) is 11.3 Å². The first-order chi connectivity index (χ1) is 19.7. The van der Waals surface area contributed by atoms with E-state index in [0.717, 1.165) is 6.42 Å². The van der Waals surface area contributed by atoms with E-state index >= 15 is 0 Å². The van der Waals surface area contributed by atoms with Gasteiger partial charge in [-0.25, -0.2) is 0 Å². The smallest absolute Gasteiger partial charge is 0.317 e. The van der Waals surface area contributed by atoms with E-state index in [0.29, 0.717) is 11.3 Å². The summed E-state index contributed by atoms with van der Waals surface area (Å²) in [5, 5.41) is 54.8. The van der Waals surface area contributed by atoms with Crippen LogP contribution < -0.4 is 5.73 Å². The Balaban J connectivity index is 2.09. The van der Waals surface area contributed by atoms with Crippen LogP contribution in [0.1, 0.15) is 41.6 Å². The van der Waals surface area contributed by atoms with Crippen molar-refractivity contribution in [3.8, 4) is 5.75 Å². The number of carbonyl (C=O) groups excluding carboxylic acids is 4. The number of phenolic OH excluding ortho intramolecular Hbond substituents is 1. The van der Waals surface area contributed by atoms with Crippen molar-refractivity contribution in [2.24, 2.45) is 17.6 Å². The number of fused-ring (bicyclic) bond motifs is 3. The predicted octanol–water partition coefficient (Wildman–Crippen LogP) is 0.801. The third-order valence-electron chi connectivity index (χ3n) is 7.98. The summed E-state index contributed by atoms with van der Waals surface area (Å²) in [5.74, 6) is -11.9. The van der Waals surface area contributed by atoms with E-state index in [2.05, 4.69) is 0 Å². The molecule has 0 aromatic heterocycles. The van der Waals surface area contributed by atoms with Crippen LogP contribution >= 0.6 is 11.8 Å². The van der Waals surface area contributed by atoms with Crippen LogP contribution in [0, 0.1) is 11.8 Å². The van der Waals surface area contributed by atoms with Crippen LogP contribution in [0.2, 0.25) is 0 Å². The Kier molecular flexibility index (Phi) is 8.45. The highest BCUT2D eigenvalue weighted by molar-refractivity contribution is 7.99. The topological polar surface area (TPSA) is 225 Å². The summed E-state index contributed by atoms with van der Waals surface area (Å²) in [4.78, 5) is 65.6. The van der Waals surface area contributed by atoms with Gasteiger partial charge < -0.3 is 36.0 Å². The Labute approximate surface area is 244 Å². The number of thioether (sulfide) groups is 1. The molecule has 0 fully saturated rings. The molecule has 0 heterocycles. The van der Waals surface area contributed by atoms with E-state index in [4.69, 9.17) is 10.5 Å².